The van der Waals surface area contributed by atoms with Crippen molar-refractivity contribution >= 4 is 29.8 Å². The van der Waals surface area contributed by atoms with Crippen LogP contribution in [-0.2, 0) is 57.1 Å². The van der Waals surface area contributed by atoms with Crippen LogP contribution in [0, 0.1) is 28.6 Å². The maximum atomic E-state index is 14.1. The van der Waals surface area contributed by atoms with Crippen LogP contribution >= 0.6 is 0 Å². The van der Waals surface area contributed by atoms with Gasteiger partial charge in [0.15, 0.2) is 17.8 Å². The maximum Gasteiger partial charge on any atom is 0.514 e. The molecule has 3 N–H and O–H groups in total. The van der Waals surface area contributed by atoms with E-state index in [1.165, 1.54) is 70.6 Å². The third-order valence-corrected chi connectivity index (χ3v) is 16.3. The van der Waals surface area contributed by atoms with Crippen LogP contribution in [0.15, 0.2) is 11.3 Å². The van der Waals surface area contributed by atoms with Crippen molar-refractivity contribution in [3.05, 3.63) is 11.3 Å². The summed E-state index contributed by atoms with van der Waals surface area (Å²) >= 11 is 0. The number of fused-ring (bicyclic) bond motifs is 2. The van der Waals surface area contributed by atoms with Crippen molar-refractivity contribution < 1.29 is 77.2 Å². The van der Waals surface area contributed by atoms with Crippen molar-refractivity contribution in [3.63, 3.8) is 0 Å². The van der Waals surface area contributed by atoms with Gasteiger partial charge in [-0.15, -0.1) is 0 Å². The molecule has 65 heavy (non-hydrogen) atoms. The lowest BCUT2D eigenvalue weighted by Crippen LogP contribution is -2.79. The molecule has 0 aromatic rings. The van der Waals surface area contributed by atoms with Gasteiger partial charge in [-0.05, 0) is 55.9 Å². The molecular formula is C49H74O16. The van der Waals surface area contributed by atoms with E-state index in [-0.39, 0.29) is 44.7 Å². The number of ether oxygens (including phenoxy) is 8. The summed E-state index contributed by atoms with van der Waals surface area (Å²) in [5.41, 5.74) is -5.91. The van der Waals surface area contributed by atoms with Gasteiger partial charge >= 0.3 is 24.1 Å². The Bertz CT molecular complexity index is 1760. The Morgan fingerprint density at radius 1 is 0.877 bits per heavy atom. The number of rotatable bonds is 21. The van der Waals surface area contributed by atoms with Gasteiger partial charge in [-0.25, -0.2) is 14.4 Å². The number of esters is 3. The van der Waals surface area contributed by atoms with Crippen LogP contribution in [0.2, 0.25) is 0 Å². The molecule has 0 aromatic heterocycles. The van der Waals surface area contributed by atoms with Crippen LogP contribution in [-0.4, -0.2) is 120 Å². The van der Waals surface area contributed by atoms with Gasteiger partial charge in [0.25, 0.3) is 0 Å². The maximum absolute atomic E-state index is 14.1. The van der Waals surface area contributed by atoms with Gasteiger partial charge in [-0.2, -0.15) is 0 Å². The number of hydrogen-bond acceptors (Lipinski definition) is 16. The summed E-state index contributed by atoms with van der Waals surface area (Å²) in [6, 6.07) is 0. The third-order valence-electron chi connectivity index (χ3n) is 16.3. The van der Waals surface area contributed by atoms with E-state index < -0.39 is 107 Å². The number of Topliss-reactive ketones (excluding diaryl/α,β-unsaturated/α-hetero) is 1. The molecule has 0 aromatic carbocycles. The zero-order chi connectivity index (χ0) is 46.6. The van der Waals surface area contributed by atoms with Crippen molar-refractivity contribution in [2.24, 2.45) is 28.6 Å². The molecule has 0 amide bonds. The summed E-state index contributed by atoms with van der Waals surface area (Å²) in [6.07, 6.45) is 11.2. The summed E-state index contributed by atoms with van der Waals surface area (Å²) in [7, 11) is 1.08. The van der Waals surface area contributed by atoms with E-state index in [1.807, 2.05) is 0 Å². The van der Waals surface area contributed by atoms with E-state index in [4.69, 9.17) is 37.9 Å². The lowest BCUT2D eigenvalue weighted by atomic mass is 9.38. The highest BCUT2D eigenvalue weighted by molar-refractivity contribution is 5.97. The number of unbranched alkanes of at least 4 members (excludes halogenated alkanes) is 12. The Morgan fingerprint density at radius 2 is 1.52 bits per heavy atom. The molecule has 0 radical (unpaired) electrons. The summed E-state index contributed by atoms with van der Waals surface area (Å²) in [5.74, 6) is -6.80. The summed E-state index contributed by atoms with van der Waals surface area (Å²) < 4.78 is 46.1. The molecule has 3 saturated heterocycles. The smallest absolute Gasteiger partial charge is 0.467 e. The number of carbonyl (C=O) groups is 5. The van der Waals surface area contributed by atoms with E-state index in [1.54, 1.807) is 13.8 Å². The van der Waals surface area contributed by atoms with Gasteiger partial charge in [0, 0.05) is 17.8 Å². The number of carbonyl (C=O) groups excluding carboxylic acids is 5. The highest BCUT2D eigenvalue weighted by Crippen LogP contribution is 2.73. The topological polar surface area (TPSA) is 220 Å². The third kappa shape index (κ3) is 9.77. The Hall–Kier alpha value is -3.15. The van der Waals surface area contributed by atoms with Crippen molar-refractivity contribution in [3.8, 4) is 0 Å². The van der Waals surface area contributed by atoms with E-state index >= 15 is 0 Å². The number of methoxy groups -OCH3 is 1. The average Bonchev–Trinajstić information content (AvgIpc) is 3.86. The minimum Gasteiger partial charge on any atom is -0.467 e. The van der Waals surface area contributed by atoms with Crippen LogP contribution in [0.25, 0.3) is 0 Å². The van der Waals surface area contributed by atoms with Crippen LogP contribution in [0.4, 0.5) is 4.79 Å². The molecule has 6 fully saturated rings. The molecule has 3 aliphatic heterocycles. The Balaban J connectivity index is 0.960. The molecule has 366 valence electrons. The SMILES string of the molecule is CCCCCCCCCCCCCCCC1OCC(COC(=O)OC2=C(C)[C@@H]3C[C@H]4OC(=O)C(OC(=O)CC5(O)CCCCC5)[C@H]5[C@@]6(C(=O)OC)OC[C@]45[C@H]([C@@H](O)[C@@H]6O)[C@@]3(C)CC2=O)O1. The van der Waals surface area contributed by atoms with Crippen LogP contribution < -0.4 is 0 Å². The molecule has 4 aliphatic carbocycles. The predicted octanol–water partition coefficient (Wildman–Crippen LogP) is 6.45. The highest BCUT2D eigenvalue weighted by Gasteiger charge is 2.85. The van der Waals surface area contributed by atoms with Gasteiger partial charge in [0.1, 0.15) is 24.9 Å². The predicted molar refractivity (Wildman–Crippen MR) is 230 cm³/mol. The number of aliphatic hydroxyl groups is 3. The van der Waals surface area contributed by atoms with Gasteiger partial charge in [-0.3, -0.25) is 9.59 Å². The first-order valence-corrected chi connectivity index (χ1v) is 24.7. The lowest BCUT2D eigenvalue weighted by Gasteiger charge is -2.67. The fourth-order valence-corrected chi connectivity index (χ4v) is 13.2. The molecule has 1 spiro atoms. The Morgan fingerprint density at radius 3 is 2.17 bits per heavy atom. The fraction of sp³-hybridized carbons (Fsp3) is 0.857. The van der Waals surface area contributed by atoms with E-state index in [9.17, 15) is 39.3 Å². The quantitative estimate of drug-likeness (QED) is 0.0640. The van der Waals surface area contributed by atoms with E-state index in [2.05, 4.69) is 6.92 Å². The number of hydrogen-bond donors (Lipinski definition) is 3. The second kappa shape index (κ2) is 21.0. The van der Waals surface area contributed by atoms with Crippen LogP contribution in [0.1, 0.15) is 162 Å². The van der Waals surface area contributed by atoms with Crippen LogP contribution in [0.5, 0.6) is 0 Å². The van der Waals surface area contributed by atoms with Gasteiger partial charge in [0.2, 0.25) is 11.7 Å². The number of ketones is 1. The average molecular weight is 919 g/mol. The first-order valence-electron chi connectivity index (χ1n) is 24.7. The molecule has 12 atom stereocenters. The molecule has 3 heterocycles. The molecule has 3 saturated carbocycles. The van der Waals surface area contributed by atoms with E-state index in [0.29, 0.717) is 18.4 Å². The standard InChI is InChI=1S/C49H74O16/c1-5-6-7-8-9-10-11-12-13-14-15-16-18-21-36-59-27-31(62-36)28-60-45(56)65-38-30(2)32-24-34-48-29-61-49(44(55)58-4,42(53)37(52)40(48)46(32,3)25-33(38)50)41(48)39(43(54)63-34)64-35(51)26-47(57)22-19-17-20-23-47/h31-32,34,36-37,39-42,52-53,57H,5-29H2,1-4H3/t31?,32-,34+,36?,37+,39?,40+,41+,42-,46-,48+,49+/m0/s1. The summed E-state index contributed by atoms with van der Waals surface area (Å²) in [5, 5.41) is 35.3. The monoisotopic (exact) mass is 918 g/mol. The summed E-state index contributed by atoms with van der Waals surface area (Å²) in [4.78, 5) is 68.7. The minimum atomic E-state index is -2.33. The first kappa shape index (κ1) is 49.7. The molecule has 7 rings (SSSR count). The second-order valence-corrected chi connectivity index (χ2v) is 20.5. The molecule has 16 nitrogen and oxygen atoms in total. The van der Waals surface area contributed by atoms with Crippen molar-refractivity contribution in [2.45, 2.75) is 210 Å². The largest absolute Gasteiger partial charge is 0.514 e. The molecular weight excluding hydrogens is 845 g/mol. The minimum absolute atomic E-state index is 0.0635. The zero-order valence-corrected chi connectivity index (χ0v) is 39.0. The number of allylic oxidation sites excluding steroid dienone is 2. The number of aliphatic hydroxyl groups excluding tert-OH is 2. The van der Waals surface area contributed by atoms with Crippen molar-refractivity contribution in [1.82, 2.24) is 0 Å². The molecule has 7 aliphatic rings. The van der Waals surface area contributed by atoms with Crippen molar-refractivity contribution in [1.29, 1.82) is 0 Å². The highest BCUT2D eigenvalue weighted by atomic mass is 16.8. The second-order valence-electron chi connectivity index (χ2n) is 20.5. The van der Waals surface area contributed by atoms with Gasteiger partial charge in [-0.1, -0.05) is 110 Å². The summed E-state index contributed by atoms with van der Waals surface area (Å²) in [6.45, 7) is 5.46. The lowest BCUT2D eigenvalue weighted by molar-refractivity contribution is -0.290. The zero-order valence-electron chi connectivity index (χ0n) is 39.0. The fourth-order valence-electron chi connectivity index (χ4n) is 13.2. The molecule has 3 unspecified atom stereocenters. The van der Waals surface area contributed by atoms with Gasteiger partial charge in [0.05, 0.1) is 44.4 Å². The van der Waals surface area contributed by atoms with E-state index in [0.717, 1.165) is 45.6 Å². The van der Waals surface area contributed by atoms with Crippen molar-refractivity contribution in [2.75, 3.05) is 26.9 Å². The Kier molecular flexibility index (Phi) is 16.1. The molecule has 16 heteroatoms. The van der Waals surface area contributed by atoms with Gasteiger partial charge < -0.3 is 53.2 Å². The normalized spacial score (nSPS) is 36.9. The van der Waals surface area contributed by atoms with Crippen LogP contribution in [0.3, 0.4) is 0 Å². The molecule has 2 bridgehead atoms. The Labute approximate surface area is 383 Å². The first-order chi connectivity index (χ1) is 31.1.